The Morgan fingerprint density at radius 1 is 1.05 bits per heavy atom. The molecule has 3 heterocycles. The molecule has 0 unspecified atom stereocenters. The first-order chi connectivity index (χ1) is 17.9. The summed E-state index contributed by atoms with van der Waals surface area (Å²) in [5.41, 5.74) is 1.03. The van der Waals surface area contributed by atoms with E-state index in [9.17, 15) is 13.2 Å². The van der Waals surface area contributed by atoms with E-state index < -0.39 is 11.7 Å². The number of rotatable bonds is 9. The van der Waals surface area contributed by atoms with Crippen molar-refractivity contribution < 1.29 is 17.9 Å². The molecule has 0 spiro atoms. The third-order valence-electron chi connectivity index (χ3n) is 6.43. The first-order valence-corrected chi connectivity index (χ1v) is 12.6. The zero-order chi connectivity index (χ0) is 25.7. The monoisotopic (exact) mass is 513 g/mol. The van der Waals surface area contributed by atoms with Crippen LogP contribution in [0, 0.1) is 5.92 Å². The molecule has 5 rings (SSSR count). The summed E-state index contributed by atoms with van der Waals surface area (Å²) in [4.78, 5) is 20.3. The van der Waals surface area contributed by atoms with Gasteiger partial charge in [-0.1, -0.05) is 18.2 Å². The molecule has 37 heavy (non-hydrogen) atoms. The highest BCUT2D eigenvalue weighted by molar-refractivity contribution is 6.05. The Hall–Kier alpha value is -3.31. The van der Waals surface area contributed by atoms with Gasteiger partial charge in [-0.05, 0) is 67.1 Å². The number of nitrogens with zero attached hydrogens (tertiary/aromatic N) is 5. The molecular weight excluding hydrogens is 483 g/mol. The number of hydrogen-bond acceptors (Lipinski definition) is 8. The number of alkyl halides is 3. The van der Waals surface area contributed by atoms with Gasteiger partial charge in [0.15, 0.2) is 5.82 Å². The number of amidine groups is 1. The zero-order valence-electron chi connectivity index (χ0n) is 20.5. The van der Waals surface area contributed by atoms with E-state index in [4.69, 9.17) is 4.74 Å². The second-order valence-electron chi connectivity index (χ2n) is 9.35. The van der Waals surface area contributed by atoms with Crippen LogP contribution in [0.2, 0.25) is 0 Å². The summed E-state index contributed by atoms with van der Waals surface area (Å²) in [5.74, 6) is 2.40. The first-order valence-electron chi connectivity index (χ1n) is 12.6. The molecule has 1 aliphatic carbocycles. The highest BCUT2D eigenvalue weighted by Gasteiger charge is 2.30. The molecule has 11 heteroatoms. The summed E-state index contributed by atoms with van der Waals surface area (Å²) in [7, 11) is 0. The lowest BCUT2D eigenvalue weighted by Gasteiger charge is -2.26. The highest BCUT2D eigenvalue weighted by Crippen LogP contribution is 2.37. The molecule has 2 fully saturated rings. The number of benzene rings is 1. The van der Waals surface area contributed by atoms with Crippen LogP contribution in [0.3, 0.4) is 0 Å². The third-order valence-corrected chi connectivity index (χ3v) is 6.43. The highest BCUT2D eigenvalue weighted by atomic mass is 19.4. The van der Waals surface area contributed by atoms with Crippen LogP contribution in [0.1, 0.15) is 36.2 Å². The van der Waals surface area contributed by atoms with Crippen molar-refractivity contribution in [3.8, 4) is 0 Å². The minimum atomic E-state index is -4.40. The molecule has 1 aromatic heterocycles. The summed E-state index contributed by atoms with van der Waals surface area (Å²) >= 11 is 0. The zero-order valence-corrected chi connectivity index (χ0v) is 20.5. The van der Waals surface area contributed by atoms with E-state index >= 15 is 0 Å². The maximum atomic E-state index is 13.1. The van der Waals surface area contributed by atoms with Gasteiger partial charge in [-0.2, -0.15) is 28.1 Å². The van der Waals surface area contributed by atoms with Crippen LogP contribution in [0.25, 0.3) is 12.2 Å². The van der Waals surface area contributed by atoms with E-state index in [0.29, 0.717) is 48.1 Å². The fourth-order valence-corrected chi connectivity index (χ4v) is 4.25. The van der Waals surface area contributed by atoms with Crippen LogP contribution in [-0.4, -0.2) is 71.6 Å². The molecule has 0 atom stereocenters. The van der Waals surface area contributed by atoms with Crippen LogP contribution in [-0.2, 0) is 10.9 Å². The van der Waals surface area contributed by atoms with Crippen molar-refractivity contribution >= 4 is 29.9 Å². The summed E-state index contributed by atoms with van der Waals surface area (Å²) in [6, 6.07) is 5.13. The molecule has 1 aromatic carbocycles. The van der Waals surface area contributed by atoms with E-state index in [2.05, 4.69) is 41.6 Å². The van der Waals surface area contributed by atoms with Crippen molar-refractivity contribution in [2.45, 2.75) is 25.4 Å². The average molecular weight is 514 g/mol. The molecule has 0 bridgehead atoms. The number of aliphatic imine (C=N–C) groups is 1. The number of nitrogens with one attached hydrogen (secondary N) is 2. The van der Waals surface area contributed by atoms with Crippen molar-refractivity contribution in [3.05, 3.63) is 52.9 Å². The Labute approximate surface area is 213 Å². The van der Waals surface area contributed by atoms with Gasteiger partial charge < -0.3 is 15.4 Å². The topological polar surface area (TPSA) is 87.6 Å². The smallest absolute Gasteiger partial charge is 0.379 e. The molecule has 2 aromatic rings. The normalized spacial score (nSPS) is 18.7. The molecule has 8 nitrogen and oxygen atoms in total. The molecule has 2 N–H and O–H groups in total. The number of anilines is 2. The maximum Gasteiger partial charge on any atom is 0.416 e. The van der Waals surface area contributed by atoms with Gasteiger partial charge in [-0.3, -0.25) is 9.89 Å². The lowest BCUT2D eigenvalue weighted by atomic mass is 10.1. The van der Waals surface area contributed by atoms with E-state index in [0.717, 1.165) is 51.4 Å². The van der Waals surface area contributed by atoms with Crippen LogP contribution < -0.4 is 10.6 Å². The lowest BCUT2D eigenvalue weighted by Crippen LogP contribution is -2.37. The van der Waals surface area contributed by atoms with E-state index in [1.807, 2.05) is 0 Å². The number of morpholine rings is 1. The Kier molecular flexibility index (Phi) is 7.80. The van der Waals surface area contributed by atoms with Crippen molar-refractivity contribution in [2.75, 3.05) is 56.6 Å². The summed E-state index contributed by atoms with van der Waals surface area (Å²) < 4.78 is 44.6. The van der Waals surface area contributed by atoms with Gasteiger partial charge in [-0.15, -0.1) is 0 Å². The average Bonchev–Trinajstić information content (AvgIpc) is 3.64. The molecule has 2 aliphatic heterocycles. The Bertz CT molecular complexity index is 1180. The molecule has 3 aliphatic rings. The van der Waals surface area contributed by atoms with E-state index in [1.54, 1.807) is 18.2 Å². The van der Waals surface area contributed by atoms with Crippen molar-refractivity contribution in [1.82, 2.24) is 19.9 Å². The Balaban J connectivity index is 1.29. The second-order valence-corrected chi connectivity index (χ2v) is 9.35. The predicted molar refractivity (Wildman–Crippen MR) is 137 cm³/mol. The first kappa shape index (κ1) is 25.3. The van der Waals surface area contributed by atoms with Crippen LogP contribution >= 0.6 is 0 Å². The molecule has 1 saturated carbocycles. The second kappa shape index (κ2) is 11.4. The summed E-state index contributed by atoms with van der Waals surface area (Å²) in [6.45, 7) is 5.69. The SMILES string of the molecule is FC(F)(F)c1cccc(/C=C/c2nc(NCCCN3CCOCC3)nc(NC3=NCC(C4CC4)=C3)n2)c1. The van der Waals surface area contributed by atoms with Crippen LogP contribution in [0.15, 0.2) is 40.9 Å². The largest absolute Gasteiger partial charge is 0.416 e. The Morgan fingerprint density at radius 2 is 1.86 bits per heavy atom. The number of aromatic nitrogens is 3. The van der Waals surface area contributed by atoms with Crippen LogP contribution in [0.4, 0.5) is 25.1 Å². The third kappa shape index (κ3) is 7.36. The minimum Gasteiger partial charge on any atom is -0.379 e. The van der Waals surface area contributed by atoms with Crippen molar-refractivity contribution in [1.29, 1.82) is 0 Å². The summed E-state index contributed by atoms with van der Waals surface area (Å²) in [6.07, 6.45) is 4.13. The standard InChI is InChI=1S/C26H30F3N7O/c27-26(28,29)21-4-1-3-18(15-21)5-8-22-32-24(30-9-2-10-36-11-13-37-14-12-36)35-25(33-22)34-23-16-20(17-31-23)19-6-7-19/h1,3-5,8,15-16,19H,2,6-7,9-14,17H2,(H2,30,31,32,33,34,35)/b8-5+. The lowest BCUT2D eigenvalue weighted by molar-refractivity contribution is -0.137. The number of halogens is 3. The van der Waals surface area contributed by atoms with Gasteiger partial charge in [0.05, 0.1) is 25.3 Å². The van der Waals surface area contributed by atoms with Gasteiger partial charge in [-0.25, -0.2) is 0 Å². The maximum absolute atomic E-state index is 13.1. The van der Waals surface area contributed by atoms with Gasteiger partial charge in [0.1, 0.15) is 5.84 Å². The quantitative estimate of drug-likeness (QED) is 0.482. The van der Waals surface area contributed by atoms with Gasteiger partial charge in [0.25, 0.3) is 0 Å². The molecular formula is C26H30F3N7O. The fourth-order valence-electron chi connectivity index (χ4n) is 4.25. The summed E-state index contributed by atoms with van der Waals surface area (Å²) in [5, 5.41) is 6.43. The van der Waals surface area contributed by atoms with Crippen LogP contribution in [0.5, 0.6) is 0 Å². The van der Waals surface area contributed by atoms with Crippen molar-refractivity contribution in [3.63, 3.8) is 0 Å². The fraction of sp³-hybridized carbons (Fsp3) is 0.462. The molecule has 0 amide bonds. The van der Waals surface area contributed by atoms with E-state index in [-0.39, 0.29) is 0 Å². The molecule has 0 radical (unpaired) electrons. The molecule has 1 saturated heterocycles. The van der Waals surface area contributed by atoms with Gasteiger partial charge in [0.2, 0.25) is 11.9 Å². The minimum absolute atomic E-state index is 0.329. The number of hydrogen-bond donors (Lipinski definition) is 2. The predicted octanol–water partition coefficient (Wildman–Crippen LogP) is 4.36. The number of ether oxygens (including phenoxy) is 1. The Morgan fingerprint density at radius 3 is 2.65 bits per heavy atom. The van der Waals surface area contributed by atoms with Gasteiger partial charge in [0, 0.05) is 19.6 Å². The molecule has 196 valence electrons. The van der Waals surface area contributed by atoms with Gasteiger partial charge >= 0.3 is 6.18 Å². The van der Waals surface area contributed by atoms with Crippen molar-refractivity contribution in [2.24, 2.45) is 10.9 Å². The van der Waals surface area contributed by atoms with E-state index in [1.165, 1.54) is 24.5 Å².